The molecule has 2 N–H and O–H groups in total. The van der Waals surface area contributed by atoms with Gasteiger partial charge in [0, 0.05) is 36.4 Å². The van der Waals surface area contributed by atoms with Crippen molar-refractivity contribution >= 4 is 5.97 Å². The first-order chi connectivity index (χ1) is 16.6. The van der Waals surface area contributed by atoms with Gasteiger partial charge in [-0.1, -0.05) is 0 Å². The van der Waals surface area contributed by atoms with Crippen LogP contribution in [0, 0.1) is 0 Å². The van der Waals surface area contributed by atoms with E-state index in [9.17, 15) is 15.0 Å². The first-order valence-corrected chi connectivity index (χ1v) is 11.4. The normalized spacial score (nSPS) is 20.5. The van der Waals surface area contributed by atoms with E-state index in [2.05, 4.69) is 20.5 Å². The molecular weight excluding hydrogens is 454 g/mol. The molecule has 0 spiro atoms. The van der Waals surface area contributed by atoms with Crippen LogP contribution in [-0.2, 0) is 16.1 Å². The van der Waals surface area contributed by atoms with Gasteiger partial charge in [0.2, 0.25) is 5.88 Å². The summed E-state index contributed by atoms with van der Waals surface area (Å²) in [6, 6.07) is 8.42. The quantitative estimate of drug-likeness (QED) is 0.459. The monoisotopic (exact) mass is 483 g/mol. The molecule has 0 aliphatic carbocycles. The summed E-state index contributed by atoms with van der Waals surface area (Å²) in [5.41, 5.74) is -1.13. The molecular formula is C24H29N5O6. The molecule has 0 radical (unpaired) electrons. The van der Waals surface area contributed by atoms with Crippen molar-refractivity contribution in [2.45, 2.75) is 64.4 Å². The van der Waals surface area contributed by atoms with Crippen LogP contribution in [0.5, 0.6) is 17.4 Å². The van der Waals surface area contributed by atoms with E-state index in [1.54, 1.807) is 44.5 Å². The fourth-order valence-electron chi connectivity index (χ4n) is 3.94. The Morgan fingerprint density at radius 3 is 2.77 bits per heavy atom. The van der Waals surface area contributed by atoms with Crippen LogP contribution in [0.25, 0.3) is 11.4 Å². The number of aryl methyl sites for hydroxylation is 1. The Kier molecular flexibility index (Phi) is 6.62. The lowest BCUT2D eigenvalue weighted by molar-refractivity contribution is -0.174. The lowest BCUT2D eigenvalue weighted by atomic mass is 9.76. The highest BCUT2D eigenvalue weighted by molar-refractivity contribution is 5.69. The zero-order valence-corrected chi connectivity index (χ0v) is 20.1. The van der Waals surface area contributed by atoms with E-state index in [0.29, 0.717) is 48.0 Å². The van der Waals surface area contributed by atoms with Crippen LogP contribution in [-0.4, -0.2) is 59.2 Å². The molecule has 2 aromatic heterocycles. The van der Waals surface area contributed by atoms with Gasteiger partial charge in [-0.05, 0) is 68.8 Å². The van der Waals surface area contributed by atoms with Gasteiger partial charge in [0.15, 0.2) is 11.9 Å². The van der Waals surface area contributed by atoms with E-state index in [0.717, 1.165) is 0 Å². The highest BCUT2D eigenvalue weighted by atomic mass is 16.6. The molecule has 0 fully saturated rings. The third-order valence-electron chi connectivity index (χ3n) is 6.20. The summed E-state index contributed by atoms with van der Waals surface area (Å²) in [6.45, 7) is 7.76. The van der Waals surface area contributed by atoms with Crippen LogP contribution < -0.4 is 9.47 Å². The van der Waals surface area contributed by atoms with E-state index in [1.165, 1.54) is 12.3 Å². The van der Waals surface area contributed by atoms with Gasteiger partial charge in [0.05, 0.1) is 6.61 Å². The number of carbonyl (C=O) groups excluding carboxylic acids is 1. The number of nitrogens with zero attached hydrogens (tertiary/aromatic N) is 5. The maximum atomic E-state index is 11.7. The predicted octanol–water partition coefficient (Wildman–Crippen LogP) is 2.83. The standard InChI is InChI=1S/C24H29N5O6/c1-5-33-20(31)7-6-12-29-22(26-27-28-29)15-8-9-18-17(13-15)21(24(4,32)23(2,3)35-18)34-16-10-11-25-19(30)14-16/h8-11,13-14,21,32H,5-7,12H2,1-4H3,(H,25,30)/t21-,24+/m1/s1. The van der Waals surface area contributed by atoms with Crippen LogP contribution in [0.1, 0.15) is 52.2 Å². The Morgan fingerprint density at radius 2 is 2.03 bits per heavy atom. The lowest BCUT2D eigenvalue weighted by Crippen LogP contribution is -2.59. The maximum absolute atomic E-state index is 11.7. The number of esters is 1. The summed E-state index contributed by atoms with van der Waals surface area (Å²) in [5.74, 6) is 0.946. The van der Waals surface area contributed by atoms with Crippen molar-refractivity contribution in [2.75, 3.05) is 6.61 Å². The Morgan fingerprint density at radius 1 is 1.23 bits per heavy atom. The number of carbonyl (C=O) groups is 1. The molecule has 0 amide bonds. The molecule has 0 saturated heterocycles. The van der Waals surface area contributed by atoms with E-state index in [1.807, 2.05) is 12.1 Å². The number of tetrazole rings is 1. The number of hydrogen-bond donors (Lipinski definition) is 2. The van der Waals surface area contributed by atoms with Gasteiger partial charge in [-0.3, -0.25) is 4.79 Å². The molecule has 1 aliphatic rings. The zero-order valence-electron chi connectivity index (χ0n) is 20.1. The van der Waals surface area contributed by atoms with Crippen molar-refractivity contribution in [1.29, 1.82) is 0 Å². The number of aromatic hydroxyl groups is 1. The molecule has 2 atom stereocenters. The molecule has 35 heavy (non-hydrogen) atoms. The van der Waals surface area contributed by atoms with Crippen molar-refractivity contribution in [3.8, 4) is 28.8 Å². The number of aromatic nitrogens is 5. The number of rotatable bonds is 8. The summed E-state index contributed by atoms with van der Waals surface area (Å²) < 4.78 is 18.9. The van der Waals surface area contributed by atoms with E-state index in [-0.39, 0.29) is 18.3 Å². The average Bonchev–Trinajstić information content (AvgIpc) is 3.25. The molecule has 1 aromatic carbocycles. The SMILES string of the molecule is CCOC(=O)CCCn1nnnc1-c1ccc2c(c1)[C@@H](Oc1ccnc(O)c1)[C@](C)(O)C(C)(C)O2. The first-order valence-electron chi connectivity index (χ1n) is 11.4. The molecule has 11 nitrogen and oxygen atoms in total. The molecule has 0 saturated carbocycles. The van der Waals surface area contributed by atoms with Crippen molar-refractivity contribution < 1.29 is 29.2 Å². The van der Waals surface area contributed by atoms with E-state index >= 15 is 0 Å². The largest absolute Gasteiger partial charge is 0.493 e. The second kappa shape index (κ2) is 9.49. The first kappa shape index (κ1) is 24.4. The average molecular weight is 484 g/mol. The van der Waals surface area contributed by atoms with Crippen LogP contribution in [0.2, 0.25) is 0 Å². The van der Waals surface area contributed by atoms with Gasteiger partial charge < -0.3 is 24.4 Å². The number of benzene rings is 1. The van der Waals surface area contributed by atoms with Crippen molar-refractivity contribution in [2.24, 2.45) is 0 Å². The fourth-order valence-corrected chi connectivity index (χ4v) is 3.94. The fraction of sp³-hybridized carbons (Fsp3) is 0.458. The minimum Gasteiger partial charge on any atom is -0.493 e. The lowest BCUT2D eigenvalue weighted by Gasteiger charge is -2.49. The molecule has 3 heterocycles. The number of ether oxygens (including phenoxy) is 3. The third kappa shape index (κ3) is 4.90. The number of hydrogen-bond acceptors (Lipinski definition) is 10. The van der Waals surface area contributed by atoms with Gasteiger partial charge in [0.25, 0.3) is 0 Å². The Balaban J connectivity index is 1.66. The summed E-state index contributed by atoms with van der Waals surface area (Å²) in [4.78, 5) is 15.4. The molecule has 0 unspecified atom stereocenters. The molecule has 4 rings (SSSR count). The Bertz CT molecular complexity index is 1210. The molecule has 0 bridgehead atoms. The third-order valence-corrected chi connectivity index (χ3v) is 6.20. The number of aliphatic hydroxyl groups is 1. The van der Waals surface area contributed by atoms with E-state index in [4.69, 9.17) is 14.2 Å². The second-order valence-electron chi connectivity index (χ2n) is 8.99. The Hall–Kier alpha value is -3.73. The second-order valence-corrected chi connectivity index (χ2v) is 8.99. The van der Waals surface area contributed by atoms with Crippen LogP contribution in [0.4, 0.5) is 0 Å². The van der Waals surface area contributed by atoms with Crippen molar-refractivity contribution in [3.63, 3.8) is 0 Å². The molecule has 186 valence electrons. The maximum Gasteiger partial charge on any atom is 0.305 e. The highest BCUT2D eigenvalue weighted by Gasteiger charge is 2.54. The summed E-state index contributed by atoms with van der Waals surface area (Å²) in [5, 5.41) is 33.3. The highest BCUT2D eigenvalue weighted by Crippen LogP contribution is 2.49. The summed E-state index contributed by atoms with van der Waals surface area (Å²) in [6.07, 6.45) is 1.37. The van der Waals surface area contributed by atoms with E-state index < -0.39 is 17.3 Å². The van der Waals surface area contributed by atoms with Crippen molar-refractivity contribution in [1.82, 2.24) is 25.2 Å². The van der Waals surface area contributed by atoms with Crippen LogP contribution in [0.3, 0.4) is 0 Å². The predicted molar refractivity (Wildman–Crippen MR) is 124 cm³/mol. The zero-order chi connectivity index (χ0) is 25.2. The smallest absolute Gasteiger partial charge is 0.305 e. The topological polar surface area (TPSA) is 142 Å². The van der Waals surface area contributed by atoms with Gasteiger partial charge in [-0.2, -0.15) is 0 Å². The molecule has 11 heteroatoms. The van der Waals surface area contributed by atoms with Gasteiger partial charge in [-0.25, -0.2) is 9.67 Å². The van der Waals surface area contributed by atoms with Crippen LogP contribution in [0.15, 0.2) is 36.5 Å². The number of fused-ring (bicyclic) bond motifs is 1. The summed E-state index contributed by atoms with van der Waals surface area (Å²) in [7, 11) is 0. The molecule has 1 aliphatic heterocycles. The minimum atomic E-state index is -1.44. The van der Waals surface area contributed by atoms with Gasteiger partial charge in [-0.15, -0.1) is 5.10 Å². The summed E-state index contributed by atoms with van der Waals surface area (Å²) >= 11 is 0. The number of pyridine rings is 1. The molecule has 3 aromatic rings. The van der Waals surface area contributed by atoms with Gasteiger partial charge in [0.1, 0.15) is 22.7 Å². The van der Waals surface area contributed by atoms with Crippen molar-refractivity contribution in [3.05, 3.63) is 42.1 Å². The van der Waals surface area contributed by atoms with Gasteiger partial charge >= 0.3 is 5.97 Å². The minimum absolute atomic E-state index is 0.190. The Labute approximate surface area is 202 Å². The van der Waals surface area contributed by atoms with Crippen LogP contribution >= 0.6 is 0 Å².